The van der Waals surface area contributed by atoms with E-state index in [1.54, 1.807) is 12.1 Å². The van der Waals surface area contributed by atoms with Crippen molar-refractivity contribution in [2.24, 2.45) is 5.73 Å². The molecule has 15 heteroatoms. The largest absolute Gasteiger partial charge is 0.454 e. The Labute approximate surface area is 243 Å². The predicted octanol–water partition coefficient (Wildman–Crippen LogP) is 1.85. The third-order valence-corrected chi connectivity index (χ3v) is 6.66. The van der Waals surface area contributed by atoms with Gasteiger partial charge in [0.25, 0.3) is 5.69 Å². The van der Waals surface area contributed by atoms with E-state index in [0.29, 0.717) is 95.8 Å². The molecule has 42 heavy (non-hydrogen) atoms. The average Bonchev–Trinajstić information content (AvgIpc) is 3.49. The summed E-state index contributed by atoms with van der Waals surface area (Å²) in [5, 5.41) is 17.5. The zero-order valence-corrected chi connectivity index (χ0v) is 23.2. The fraction of sp³-hybridized carbons (Fsp3) is 0.444. The highest BCUT2D eigenvalue weighted by molar-refractivity contribution is 5.53. The van der Waals surface area contributed by atoms with Crippen LogP contribution in [-0.4, -0.2) is 92.4 Å². The average molecular weight is 582 g/mol. The van der Waals surface area contributed by atoms with Crippen molar-refractivity contribution in [1.82, 2.24) is 15.0 Å². The molecule has 2 aromatic carbocycles. The van der Waals surface area contributed by atoms with Gasteiger partial charge in [-0.3, -0.25) is 10.1 Å². The first-order valence-corrected chi connectivity index (χ1v) is 13.8. The Morgan fingerprint density at radius 1 is 0.857 bits per heavy atom. The van der Waals surface area contributed by atoms with Gasteiger partial charge in [0.15, 0.2) is 11.5 Å². The van der Waals surface area contributed by atoms with Crippen LogP contribution in [0.4, 0.5) is 29.2 Å². The zero-order chi connectivity index (χ0) is 29.1. The van der Waals surface area contributed by atoms with Crippen LogP contribution in [0.1, 0.15) is 5.56 Å². The zero-order valence-electron chi connectivity index (χ0n) is 23.2. The van der Waals surface area contributed by atoms with Crippen molar-refractivity contribution in [2.75, 3.05) is 92.9 Å². The lowest BCUT2D eigenvalue weighted by Gasteiger charge is -2.36. The summed E-state index contributed by atoms with van der Waals surface area (Å²) >= 11 is 0. The Morgan fingerprint density at radius 3 is 2.29 bits per heavy atom. The second-order valence-corrected chi connectivity index (χ2v) is 9.51. The topological polar surface area (TPSA) is 175 Å². The molecule has 0 spiro atoms. The number of aromatic nitrogens is 3. The van der Waals surface area contributed by atoms with Crippen LogP contribution in [0.25, 0.3) is 0 Å². The van der Waals surface area contributed by atoms with Crippen LogP contribution in [-0.2, 0) is 16.0 Å². The maximum absolute atomic E-state index is 11.0. The van der Waals surface area contributed by atoms with Gasteiger partial charge in [-0.25, -0.2) is 0 Å². The highest BCUT2D eigenvalue weighted by Gasteiger charge is 2.22. The summed E-state index contributed by atoms with van der Waals surface area (Å²) in [4.78, 5) is 28.8. The van der Waals surface area contributed by atoms with Gasteiger partial charge in [0.05, 0.1) is 31.4 Å². The number of nitrogens with one attached hydrogen (secondary N) is 2. The third kappa shape index (κ3) is 7.84. The number of nitro groups is 1. The van der Waals surface area contributed by atoms with E-state index in [9.17, 15) is 10.1 Å². The van der Waals surface area contributed by atoms with Crippen molar-refractivity contribution in [2.45, 2.75) is 6.54 Å². The minimum Gasteiger partial charge on any atom is -0.454 e. The van der Waals surface area contributed by atoms with E-state index in [0.717, 1.165) is 17.0 Å². The molecule has 0 unspecified atom stereocenters. The molecule has 15 nitrogen and oxygen atoms in total. The normalized spacial score (nSPS) is 14.2. The van der Waals surface area contributed by atoms with Crippen LogP contribution in [0.3, 0.4) is 0 Å². The van der Waals surface area contributed by atoms with Crippen molar-refractivity contribution in [3.63, 3.8) is 0 Å². The maximum atomic E-state index is 11.0. The molecule has 1 aromatic heterocycles. The van der Waals surface area contributed by atoms with Gasteiger partial charge in [-0.2, -0.15) is 15.0 Å². The van der Waals surface area contributed by atoms with E-state index in [2.05, 4.69) is 30.4 Å². The van der Waals surface area contributed by atoms with E-state index in [1.165, 1.54) is 12.1 Å². The molecule has 224 valence electrons. The Balaban J connectivity index is 1.21. The van der Waals surface area contributed by atoms with Crippen LogP contribution in [0.2, 0.25) is 0 Å². The quantitative estimate of drug-likeness (QED) is 0.135. The first-order chi connectivity index (χ1) is 20.6. The van der Waals surface area contributed by atoms with E-state index < -0.39 is 4.92 Å². The van der Waals surface area contributed by atoms with Crippen LogP contribution in [0.15, 0.2) is 42.5 Å². The summed E-state index contributed by atoms with van der Waals surface area (Å²) in [5.74, 6) is 2.88. The second-order valence-electron chi connectivity index (χ2n) is 9.51. The first kappa shape index (κ1) is 29.0. The maximum Gasteiger partial charge on any atom is 0.269 e. The molecule has 1 saturated heterocycles. The number of hydrogen-bond donors (Lipinski definition) is 3. The minimum absolute atomic E-state index is 0.0775. The van der Waals surface area contributed by atoms with E-state index in [4.69, 9.17) is 29.7 Å². The van der Waals surface area contributed by atoms with Crippen molar-refractivity contribution in [3.05, 3.63) is 58.1 Å². The molecule has 3 aromatic rings. The number of anilines is 4. The van der Waals surface area contributed by atoms with Crippen LogP contribution in [0.5, 0.6) is 11.5 Å². The lowest BCUT2D eigenvalue weighted by atomic mass is 10.2. The van der Waals surface area contributed by atoms with Gasteiger partial charge in [0.2, 0.25) is 24.6 Å². The van der Waals surface area contributed by atoms with Gasteiger partial charge in [0, 0.05) is 63.6 Å². The van der Waals surface area contributed by atoms with Crippen molar-refractivity contribution >= 4 is 29.2 Å². The summed E-state index contributed by atoms with van der Waals surface area (Å²) in [5.41, 5.74) is 7.44. The van der Waals surface area contributed by atoms with Gasteiger partial charge >= 0.3 is 0 Å². The van der Waals surface area contributed by atoms with Crippen LogP contribution in [0, 0.1) is 10.1 Å². The molecule has 0 saturated carbocycles. The Hall–Kier alpha value is -4.47. The van der Waals surface area contributed by atoms with E-state index in [1.807, 2.05) is 18.2 Å². The molecule has 4 N–H and O–H groups in total. The van der Waals surface area contributed by atoms with Crippen molar-refractivity contribution in [1.29, 1.82) is 0 Å². The number of ether oxygens (including phenoxy) is 4. The Bertz CT molecular complexity index is 1320. The SMILES string of the molecule is NCCOCCOCCNc1nc(NCc2ccc3c(c2)OCO3)nc(N2CCN(c3ccc([N+](=O)[O-])cc3)CC2)n1. The van der Waals surface area contributed by atoms with Gasteiger partial charge in [0.1, 0.15) is 0 Å². The molecule has 0 bridgehead atoms. The molecule has 0 radical (unpaired) electrons. The van der Waals surface area contributed by atoms with Crippen molar-refractivity contribution in [3.8, 4) is 11.5 Å². The summed E-state index contributed by atoms with van der Waals surface area (Å²) in [6.45, 7) is 6.43. The number of rotatable bonds is 15. The van der Waals surface area contributed by atoms with Crippen LogP contribution < -0.4 is 35.6 Å². The van der Waals surface area contributed by atoms with Gasteiger partial charge in [-0.15, -0.1) is 0 Å². The number of fused-ring (bicyclic) bond motifs is 1. The molecule has 2 aliphatic heterocycles. The highest BCUT2D eigenvalue weighted by Crippen LogP contribution is 2.32. The Morgan fingerprint density at radius 2 is 1.55 bits per heavy atom. The third-order valence-electron chi connectivity index (χ3n) is 6.66. The number of nitrogens with zero attached hydrogens (tertiary/aromatic N) is 6. The molecular weight excluding hydrogens is 546 g/mol. The molecule has 3 heterocycles. The smallest absolute Gasteiger partial charge is 0.269 e. The van der Waals surface area contributed by atoms with Gasteiger partial charge in [-0.05, 0) is 29.8 Å². The monoisotopic (exact) mass is 581 g/mol. The molecule has 1 fully saturated rings. The van der Waals surface area contributed by atoms with E-state index in [-0.39, 0.29) is 12.5 Å². The fourth-order valence-corrected chi connectivity index (χ4v) is 4.49. The molecule has 0 atom stereocenters. The Kier molecular flexibility index (Phi) is 9.98. The highest BCUT2D eigenvalue weighted by atomic mass is 16.7. The summed E-state index contributed by atoms with van der Waals surface area (Å²) in [6.07, 6.45) is 0. The van der Waals surface area contributed by atoms with Gasteiger partial charge in [-0.1, -0.05) is 6.07 Å². The lowest BCUT2D eigenvalue weighted by Crippen LogP contribution is -2.47. The summed E-state index contributed by atoms with van der Waals surface area (Å²) in [6, 6.07) is 12.4. The predicted molar refractivity (Wildman–Crippen MR) is 156 cm³/mol. The second kappa shape index (κ2) is 14.4. The van der Waals surface area contributed by atoms with E-state index >= 15 is 0 Å². The van der Waals surface area contributed by atoms with Gasteiger partial charge < -0.3 is 45.1 Å². The number of benzene rings is 2. The molecule has 5 rings (SSSR count). The molecule has 2 aliphatic rings. The summed E-state index contributed by atoms with van der Waals surface area (Å²) < 4.78 is 21.8. The van der Waals surface area contributed by atoms with Crippen molar-refractivity contribution < 1.29 is 23.9 Å². The standard InChI is InChI=1S/C27H35N9O6/c28-7-13-39-15-16-40-14-8-29-25-31-26(30-18-20-1-6-23-24(17-20)42-19-41-23)33-27(32-25)35-11-9-34(10-12-35)21-2-4-22(5-3-21)36(37)38/h1-6,17H,7-16,18-19,28H2,(H2,29,30,31,32,33). The molecular formula is C27H35N9O6. The summed E-state index contributed by atoms with van der Waals surface area (Å²) in [7, 11) is 0. The number of hydrogen-bond acceptors (Lipinski definition) is 14. The minimum atomic E-state index is -0.393. The number of non-ortho nitro benzene ring substituents is 1. The number of nitro benzene ring substituents is 1. The van der Waals surface area contributed by atoms with Crippen LogP contribution >= 0.6 is 0 Å². The number of nitrogens with two attached hydrogens (primary N) is 1. The molecule has 0 amide bonds. The number of piperazine rings is 1. The fourth-order valence-electron chi connectivity index (χ4n) is 4.49. The molecule has 0 aliphatic carbocycles. The lowest BCUT2D eigenvalue weighted by molar-refractivity contribution is -0.384. The first-order valence-electron chi connectivity index (χ1n) is 13.8.